The molecular weight excluding hydrogens is 457 g/mol. The first kappa shape index (κ1) is 37.8. The third-order valence-corrected chi connectivity index (χ3v) is 5.49. The van der Waals surface area contributed by atoms with Crippen molar-refractivity contribution in [3.05, 3.63) is 0 Å². The molecule has 0 aliphatic heterocycles. The summed E-state index contributed by atoms with van der Waals surface area (Å²) in [4.78, 5) is 20.6. The molecule has 0 aromatic carbocycles. The quantitative estimate of drug-likeness (QED) is 0.115. The van der Waals surface area contributed by atoms with Gasteiger partial charge in [-0.15, -0.1) is 0 Å². The van der Waals surface area contributed by atoms with Crippen molar-refractivity contribution in [2.45, 2.75) is 110 Å². The van der Waals surface area contributed by atoms with Crippen LogP contribution in [0.15, 0.2) is 0 Å². The van der Waals surface area contributed by atoms with Crippen molar-refractivity contribution in [2.75, 3.05) is 19.8 Å². The number of rotatable bonds is 21. The second-order valence-electron chi connectivity index (χ2n) is 8.04. The van der Waals surface area contributed by atoms with Crippen LogP contribution >= 0.6 is 7.82 Å². The molecule has 0 spiro atoms. The summed E-state index contributed by atoms with van der Waals surface area (Å²) < 4.78 is 19.5. The number of ether oxygens (including phenoxy) is 1. The zero-order chi connectivity index (χ0) is 21.1. The van der Waals surface area contributed by atoms with E-state index < -0.39 is 20.5 Å². The van der Waals surface area contributed by atoms with Gasteiger partial charge in [0.1, 0.15) is 6.10 Å². The van der Waals surface area contributed by atoms with E-state index in [1.54, 1.807) is 0 Å². The number of unbranched alkanes of at least 4 members (excludes halogenated alkanes) is 10. The van der Waals surface area contributed by atoms with Crippen LogP contribution in [0.2, 0.25) is 0 Å². The molecule has 0 saturated carbocycles. The van der Waals surface area contributed by atoms with Crippen LogP contribution in [0, 0.1) is 5.92 Å². The molecule has 0 aliphatic carbocycles. The number of hydrogen-bond donors (Lipinski definition) is 1. The Hall–Kier alpha value is 3.30. The van der Waals surface area contributed by atoms with Crippen LogP contribution in [0.1, 0.15) is 104 Å². The second kappa shape index (κ2) is 26.9. The third-order valence-electron chi connectivity index (χ3n) is 5.02. The molecule has 170 valence electrons. The van der Waals surface area contributed by atoms with Crippen LogP contribution in [-0.2, 0) is 13.8 Å². The summed E-state index contributed by atoms with van der Waals surface area (Å²) in [6, 6.07) is 0. The molecule has 0 saturated heterocycles. The zero-order valence-electron chi connectivity index (χ0n) is 20.1. The predicted octanol–water partition coefficient (Wildman–Crippen LogP) is -1.67. The third kappa shape index (κ3) is 31.3. The molecule has 30 heavy (non-hydrogen) atoms. The molecule has 6 nitrogen and oxygen atoms in total. The SMILES string of the molecule is CCCCCC(C)CCCCCCCCCCCOCC(O)COP(=O)([O-])[O-].[K+].[K+]. The Morgan fingerprint density at radius 3 is 1.77 bits per heavy atom. The average Bonchev–Trinajstić information content (AvgIpc) is 2.63. The van der Waals surface area contributed by atoms with Gasteiger partial charge in [-0.05, 0) is 12.3 Å². The molecule has 0 bridgehead atoms. The minimum atomic E-state index is -5.02. The largest absolute Gasteiger partial charge is 1.00 e. The van der Waals surface area contributed by atoms with E-state index >= 15 is 0 Å². The monoisotopic (exact) mass is 500 g/mol. The molecule has 0 rings (SSSR count). The van der Waals surface area contributed by atoms with E-state index in [2.05, 4.69) is 18.4 Å². The Kier molecular flexibility index (Phi) is 33.9. The fraction of sp³-hybridized carbons (Fsp3) is 1.00. The van der Waals surface area contributed by atoms with Gasteiger partial charge < -0.3 is 28.7 Å². The molecule has 0 fully saturated rings. The zero-order valence-corrected chi connectivity index (χ0v) is 27.3. The topological polar surface area (TPSA) is 102 Å². The van der Waals surface area contributed by atoms with Crippen LogP contribution in [0.25, 0.3) is 0 Å². The van der Waals surface area contributed by atoms with Gasteiger partial charge in [0.05, 0.1) is 21.0 Å². The van der Waals surface area contributed by atoms with Gasteiger partial charge in [0.25, 0.3) is 0 Å². The Bertz CT molecular complexity index is 385. The maximum absolute atomic E-state index is 10.3. The Morgan fingerprint density at radius 2 is 1.27 bits per heavy atom. The summed E-state index contributed by atoms with van der Waals surface area (Å²) in [7, 11) is -5.02. The van der Waals surface area contributed by atoms with Gasteiger partial charge >= 0.3 is 103 Å². The molecule has 0 aromatic heterocycles. The molecule has 2 unspecified atom stereocenters. The van der Waals surface area contributed by atoms with Crippen LogP contribution in [0.5, 0.6) is 0 Å². The first-order chi connectivity index (χ1) is 13.3. The molecule has 0 amide bonds. The van der Waals surface area contributed by atoms with Gasteiger partial charge in [-0.3, -0.25) is 0 Å². The smallest absolute Gasteiger partial charge is 0.790 e. The minimum absolute atomic E-state index is 0. The summed E-state index contributed by atoms with van der Waals surface area (Å²) in [5, 5.41) is 9.40. The van der Waals surface area contributed by atoms with E-state index in [-0.39, 0.29) is 109 Å². The normalized spacial score (nSPS) is 13.4. The van der Waals surface area contributed by atoms with Crippen molar-refractivity contribution in [1.82, 2.24) is 0 Å². The molecule has 9 heteroatoms. The predicted molar refractivity (Wildman–Crippen MR) is 110 cm³/mol. The summed E-state index contributed by atoms with van der Waals surface area (Å²) in [6.45, 7) is 4.63. The van der Waals surface area contributed by atoms with Gasteiger partial charge in [0.2, 0.25) is 0 Å². The van der Waals surface area contributed by atoms with Crippen molar-refractivity contribution >= 4 is 7.82 Å². The van der Waals surface area contributed by atoms with Gasteiger partial charge in [0, 0.05) is 6.61 Å². The maximum atomic E-state index is 10.3. The standard InChI is InChI=1S/C21H45O6P.2K/c1-3-4-12-15-20(2)16-13-10-8-6-5-7-9-11-14-17-26-18-21(22)19-27-28(23,24)25;;/h20-22H,3-19H2,1-2H3,(H2,23,24,25);;/q;2*+1/p-2. The van der Waals surface area contributed by atoms with Crippen LogP contribution < -0.4 is 113 Å². The van der Waals surface area contributed by atoms with Crippen molar-refractivity contribution in [3.63, 3.8) is 0 Å². The molecule has 0 aromatic rings. The molecule has 0 radical (unpaired) electrons. The van der Waals surface area contributed by atoms with E-state index in [9.17, 15) is 19.5 Å². The molecule has 0 aliphatic rings. The van der Waals surface area contributed by atoms with Crippen LogP contribution in [-0.4, -0.2) is 31.0 Å². The minimum Gasteiger partial charge on any atom is -0.790 e. The van der Waals surface area contributed by atoms with Crippen LogP contribution in [0.3, 0.4) is 0 Å². The second-order valence-corrected chi connectivity index (χ2v) is 9.20. The van der Waals surface area contributed by atoms with Crippen LogP contribution in [0.4, 0.5) is 0 Å². The number of aliphatic hydroxyl groups excluding tert-OH is 1. The van der Waals surface area contributed by atoms with E-state index in [1.807, 2.05) is 0 Å². The number of phosphoric ester groups is 1. The first-order valence-electron chi connectivity index (χ1n) is 11.3. The fourth-order valence-electron chi connectivity index (χ4n) is 3.27. The van der Waals surface area contributed by atoms with E-state index in [0.29, 0.717) is 6.61 Å². The molecule has 0 heterocycles. The van der Waals surface area contributed by atoms with Crippen molar-refractivity contribution < 1.29 is 131 Å². The average molecular weight is 501 g/mol. The Labute approximate surface area is 270 Å². The van der Waals surface area contributed by atoms with Crippen molar-refractivity contribution in [2.24, 2.45) is 5.92 Å². The van der Waals surface area contributed by atoms with Gasteiger partial charge in [-0.2, -0.15) is 0 Å². The molecule has 2 atom stereocenters. The fourth-order valence-corrected chi connectivity index (χ4v) is 3.62. The summed E-state index contributed by atoms with van der Waals surface area (Å²) in [5.41, 5.74) is 0. The van der Waals surface area contributed by atoms with E-state index in [1.165, 1.54) is 77.0 Å². The summed E-state index contributed by atoms with van der Waals surface area (Å²) in [6.07, 6.45) is 17.0. The first-order valence-corrected chi connectivity index (χ1v) is 12.7. The van der Waals surface area contributed by atoms with Gasteiger partial charge in [-0.1, -0.05) is 97.3 Å². The Balaban J connectivity index is -0.00000364. The van der Waals surface area contributed by atoms with Gasteiger partial charge in [-0.25, -0.2) is 0 Å². The van der Waals surface area contributed by atoms with Crippen molar-refractivity contribution in [1.29, 1.82) is 0 Å². The number of phosphoric acid groups is 1. The molecular formula is C21H43K2O6P. The number of aliphatic hydroxyl groups is 1. The molecule has 1 N–H and O–H groups in total. The van der Waals surface area contributed by atoms with E-state index in [0.717, 1.165) is 18.8 Å². The van der Waals surface area contributed by atoms with E-state index in [4.69, 9.17) is 4.74 Å². The summed E-state index contributed by atoms with van der Waals surface area (Å²) >= 11 is 0. The summed E-state index contributed by atoms with van der Waals surface area (Å²) in [5.74, 6) is 0.891. The van der Waals surface area contributed by atoms with Crippen molar-refractivity contribution in [3.8, 4) is 0 Å². The van der Waals surface area contributed by atoms with Gasteiger partial charge in [0.15, 0.2) is 0 Å². The maximum Gasteiger partial charge on any atom is 1.00 e. The number of hydrogen-bond acceptors (Lipinski definition) is 6. The Morgan fingerprint density at radius 1 is 0.800 bits per heavy atom.